The molecular weight excluding hydrogens is 516 g/mol. The Kier molecular flexibility index (Phi) is 7.63. The highest BCUT2D eigenvalue weighted by Crippen LogP contribution is 2.29. The topological polar surface area (TPSA) is 139 Å². The van der Waals surface area contributed by atoms with E-state index in [0.29, 0.717) is 22.2 Å². The Balaban J connectivity index is 1.48. The van der Waals surface area contributed by atoms with Gasteiger partial charge in [-0.1, -0.05) is 18.2 Å². The van der Waals surface area contributed by atoms with Crippen LogP contribution in [0, 0.1) is 0 Å². The average Bonchev–Trinajstić information content (AvgIpc) is 3.33. The van der Waals surface area contributed by atoms with Gasteiger partial charge in [-0.05, 0) is 54.6 Å². The minimum atomic E-state index is -3.94. The van der Waals surface area contributed by atoms with Crippen molar-refractivity contribution >= 4 is 39.0 Å². The molecule has 0 bridgehead atoms. The quantitative estimate of drug-likeness (QED) is 0.212. The van der Waals surface area contributed by atoms with Crippen LogP contribution >= 0.6 is 0 Å². The number of carbonyl (C=O) groups excluding carboxylic acids is 3. The van der Waals surface area contributed by atoms with Crippen LogP contribution in [0.3, 0.4) is 0 Å². The summed E-state index contributed by atoms with van der Waals surface area (Å²) in [5, 5.41) is 0.486. The number of methoxy groups -OCH3 is 2. The minimum absolute atomic E-state index is 0.0687. The number of hydrogen-bond donors (Lipinski definition) is 1. The molecule has 12 heteroatoms. The number of esters is 1. The molecule has 0 fully saturated rings. The van der Waals surface area contributed by atoms with Gasteiger partial charge >= 0.3 is 18.0 Å². The number of hydroxylamine groups is 1. The van der Waals surface area contributed by atoms with Crippen molar-refractivity contribution in [2.24, 2.45) is 0 Å². The van der Waals surface area contributed by atoms with E-state index in [1.54, 1.807) is 36.4 Å². The van der Waals surface area contributed by atoms with E-state index in [1.807, 2.05) is 5.48 Å². The lowest BCUT2D eigenvalue weighted by molar-refractivity contribution is 0.0197. The fraction of sp³-hybridized carbons (Fsp3) is 0.115. The summed E-state index contributed by atoms with van der Waals surface area (Å²) in [6, 6.07) is 18.1. The van der Waals surface area contributed by atoms with Crippen molar-refractivity contribution in [1.29, 1.82) is 0 Å². The Morgan fingerprint density at radius 3 is 2.16 bits per heavy atom. The number of aromatic nitrogens is 1. The third-order valence-corrected chi connectivity index (χ3v) is 7.18. The zero-order valence-corrected chi connectivity index (χ0v) is 21.1. The summed E-state index contributed by atoms with van der Waals surface area (Å²) in [6.45, 7) is -0.335. The van der Waals surface area contributed by atoms with Gasteiger partial charge in [0.25, 0.3) is 10.0 Å². The van der Waals surface area contributed by atoms with E-state index < -0.39 is 28.1 Å². The summed E-state index contributed by atoms with van der Waals surface area (Å²) < 4.78 is 42.6. The molecule has 0 saturated heterocycles. The first-order valence-electron chi connectivity index (χ1n) is 11.1. The molecule has 11 nitrogen and oxygen atoms in total. The minimum Gasteiger partial charge on any atom is -0.497 e. The molecule has 4 aromatic rings. The van der Waals surface area contributed by atoms with Crippen molar-refractivity contribution in [3.8, 4) is 5.75 Å². The first-order chi connectivity index (χ1) is 18.2. The maximum absolute atomic E-state index is 13.3. The molecule has 0 aliphatic carbocycles. The third kappa shape index (κ3) is 5.44. The van der Waals surface area contributed by atoms with E-state index in [0.717, 1.165) is 3.97 Å². The first kappa shape index (κ1) is 26.2. The molecule has 1 N–H and O–H groups in total. The Labute approximate surface area is 217 Å². The molecule has 1 heterocycles. The molecular formula is C26H22N2O9S. The highest BCUT2D eigenvalue weighted by Gasteiger charge is 2.22. The van der Waals surface area contributed by atoms with Crippen LogP contribution in [0.5, 0.6) is 5.75 Å². The lowest BCUT2D eigenvalue weighted by Crippen LogP contribution is -2.27. The van der Waals surface area contributed by atoms with Crippen molar-refractivity contribution in [2.45, 2.75) is 11.5 Å². The molecule has 0 unspecified atom stereocenters. The second-order valence-electron chi connectivity index (χ2n) is 7.79. The molecule has 0 aliphatic heterocycles. The van der Waals surface area contributed by atoms with Crippen molar-refractivity contribution in [3.63, 3.8) is 0 Å². The molecule has 0 aliphatic rings. The SMILES string of the molecule is COC(=O)c1ccc(C(=O)ONC(=O)OCc2cn(S(=O)(=O)c3ccccc3)c3ccc(OC)cc23)cc1. The van der Waals surface area contributed by atoms with Gasteiger partial charge in [0.05, 0.1) is 35.8 Å². The van der Waals surface area contributed by atoms with Crippen molar-refractivity contribution < 1.29 is 41.8 Å². The Bertz CT molecular complexity index is 1600. The molecule has 38 heavy (non-hydrogen) atoms. The van der Waals surface area contributed by atoms with Gasteiger partial charge in [-0.2, -0.15) is 0 Å². The molecule has 196 valence electrons. The van der Waals surface area contributed by atoms with Crippen molar-refractivity contribution in [2.75, 3.05) is 14.2 Å². The maximum atomic E-state index is 13.3. The number of fused-ring (bicyclic) bond motifs is 1. The van der Waals surface area contributed by atoms with Crippen LogP contribution in [-0.2, 0) is 30.9 Å². The fourth-order valence-corrected chi connectivity index (χ4v) is 4.98. The third-order valence-electron chi connectivity index (χ3n) is 5.49. The van der Waals surface area contributed by atoms with Crippen LogP contribution in [0.2, 0.25) is 0 Å². The zero-order valence-electron chi connectivity index (χ0n) is 20.2. The monoisotopic (exact) mass is 538 g/mol. The second-order valence-corrected chi connectivity index (χ2v) is 9.60. The van der Waals surface area contributed by atoms with Crippen LogP contribution in [0.25, 0.3) is 10.9 Å². The molecule has 4 rings (SSSR count). The summed E-state index contributed by atoms with van der Waals surface area (Å²) in [6.07, 6.45) is 0.272. The highest BCUT2D eigenvalue weighted by molar-refractivity contribution is 7.90. The van der Waals surface area contributed by atoms with E-state index in [1.165, 1.54) is 56.8 Å². The number of hydrogen-bond acceptors (Lipinski definition) is 9. The van der Waals surface area contributed by atoms with E-state index in [-0.39, 0.29) is 22.6 Å². The normalized spacial score (nSPS) is 11.0. The Morgan fingerprint density at radius 2 is 1.53 bits per heavy atom. The average molecular weight is 539 g/mol. The van der Waals surface area contributed by atoms with Gasteiger partial charge in [0.15, 0.2) is 0 Å². The summed E-state index contributed by atoms with van der Waals surface area (Å²) >= 11 is 0. The van der Waals surface area contributed by atoms with Gasteiger partial charge in [0.1, 0.15) is 12.4 Å². The van der Waals surface area contributed by atoms with E-state index in [2.05, 4.69) is 4.74 Å². The lowest BCUT2D eigenvalue weighted by atomic mass is 10.1. The van der Waals surface area contributed by atoms with Crippen LogP contribution < -0.4 is 10.2 Å². The van der Waals surface area contributed by atoms with Gasteiger partial charge < -0.3 is 19.0 Å². The molecule has 3 aromatic carbocycles. The summed E-state index contributed by atoms with van der Waals surface area (Å²) in [7, 11) is -1.24. The van der Waals surface area contributed by atoms with Crippen LogP contribution in [-0.4, -0.2) is 44.6 Å². The largest absolute Gasteiger partial charge is 0.497 e. The van der Waals surface area contributed by atoms with Crippen molar-refractivity contribution in [1.82, 2.24) is 9.45 Å². The fourth-order valence-electron chi connectivity index (χ4n) is 3.57. The number of nitrogens with one attached hydrogen (secondary N) is 1. The molecule has 0 radical (unpaired) electrons. The summed E-state index contributed by atoms with van der Waals surface area (Å²) in [5.41, 5.74) is 2.92. The molecule has 0 saturated carbocycles. The molecule has 1 amide bonds. The maximum Gasteiger partial charge on any atom is 0.441 e. The highest BCUT2D eigenvalue weighted by atomic mass is 32.2. The van der Waals surface area contributed by atoms with E-state index in [9.17, 15) is 22.8 Å². The van der Waals surface area contributed by atoms with E-state index in [4.69, 9.17) is 14.3 Å². The van der Waals surface area contributed by atoms with Gasteiger partial charge in [0, 0.05) is 17.1 Å². The number of carbonyl (C=O) groups is 3. The van der Waals surface area contributed by atoms with Crippen LogP contribution in [0.1, 0.15) is 26.3 Å². The number of benzene rings is 3. The summed E-state index contributed by atoms with van der Waals surface area (Å²) in [4.78, 5) is 40.7. The van der Waals surface area contributed by atoms with Gasteiger partial charge in [-0.25, -0.2) is 26.8 Å². The van der Waals surface area contributed by atoms with Gasteiger partial charge in [-0.15, -0.1) is 5.48 Å². The molecule has 1 aromatic heterocycles. The van der Waals surface area contributed by atoms with Crippen LogP contribution in [0.4, 0.5) is 4.79 Å². The van der Waals surface area contributed by atoms with Gasteiger partial charge in [-0.3, -0.25) is 0 Å². The van der Waals surface area contributed by atoms with Gasteiger partial charge in [0.2, 0.25) is 0 Å². The second kappa shape index (κ2) is 11.0. The lowest BCUT2D eigenvalue weighted by Gasteiger charge is -2.07. The zero-order chi connectivity index (χ0) is 27.3. The first-order valence-corrected chi connectivity index (χ1v) is 12.5. The number of nitrogens with zero attached hydrogens (tertiary/aromatic N) is 1. The predicted molar refractivity (Wildman–Crippen MR) is 134 cm³/mol. The smallest absolute Gasteiger partial charge is 0.441 e. The van der Waals surface area contributed by atoms with Crippen LogP contribution in [0.15, 0.2) is 83.9 Å². The predicted octanol–water partition coefficient (Wildman–Crippen LogP) is 3.67. The molecule has 0 atom stereocenters. The summed E-state index contributed by atoms with van der Waals surface area (Å²) in [5.74, 6) is -0.985. The standard InChI is InChI=1S/C26H22N2O9S/c1-34-20-12-13-23-22(14-20)19(15-28(23)38(32,33)21-6-4-3-5-7-21)16-36-26(31)27-37-25(30)18-10-8-17(9-11-18)24(29)35-2/h3-15H,16H2,1-2H3,(H,27,31). The Hall–Kier alpha value is -4.84. The number of amides is 1. The number of rotatable bonds is 7. The van der Waals surface area contributed by atoms with Crippen molar-refractivity contribution in [3.05, 3.63) is 95.7 Å². The van der Waals surface area contributed by atoms with E-state index >= 15 is 0 Å². The number of ether oxygens (including phenoxy) is 3. The molecule has 0 spiro atoms. The Morgan fingerprint density at radius 1 is 0.868 bits per heavy atom.